The van der Waals surface area contributed by atoms with E-state index in [4.69, 9.17) is 15.2 Å². The number of amides is 1. The first kappa shape index (κ1) is 16.1. The molecule has 112 valence electrons. The van der Waals surface area contributed by atoms with E-state index in [1.165, 1.54) is 4.90 Å². The van der Waals surface area contributed by atoms with Crippen LogP contribution in [0.4, 0.5) is 13.6 Å². The van der Waals surface area contributed by atoms with Crippen molar-refractivity contribution in [1.82, 2.24) is 4.90 Å². The minimum atomic E-state index is -2.60. The topological polar surface area (TPSA) is 64.8 Å². The normalized spacial score (nSPS) is 22.5. The zero-order valence-electron chi connectivity index (χ0n) is 11.6. The zero-order chi connectivity index (χ0) is 14.6. The Bertz CT molecular complexity index is 308. The number of hydrogen-bond donors (Lipinski definition) is 1. The second-order valence-electron chi connectivity index (χ2n) is 5.55. The van der Waals surface area contributed by atoms with Crippen LogP contribution in [0.3, 0.4) is 0 Å². The fraction of sp³-hybridized carbons (Fsp3) is 0.917. The predicted octanol–water partition coefficient (Wildman–Crippen LogP) is 1.46. The van der Waals surface area contributed by atoms with Crippen molar-refractivity contribution < 1.29 is 23.0 Å². The Morgan fingerprint density at radius 2 is 2.16 bits per heavy atom. The number of ether oxygens (including phenoxy) is 2. The van der Waals surface area contributed by atoms with Gasteiger partial charge in [-0.2, -0.15) is 0 Å². The molecule has 0 aliphatic carbocycles. The zero-order valence-corrected chi connectivity index (χ0v) is 11.6. The molecule has 2 N–H and O–H groups in total. The van der Waals surface area contributed by atoms with Crippen molar-refractivity contribution >= 4 is 6.09 Å². The largest absolute Gasteiger partial charge is 0.444 e. The van der Waals surface area contributed by atoms with Crippen molar-refractivity contribution in [3.63, 3.8) is 0 Å². The number of nitrogens with two attached hydrogens (primary N) is 1. The van der Waals surface area contributed by atoms with Crippen LogP contribution in [0.2, 0.25) is 0 Å². The molecule has 0 saturated carbocycles. The second-order valence-corrected chi connectivity index (χ2v) is 5.55. The minimum Gasteiger partial charge on any atom is -0.444 e. The summed E-state index contributed by atoms with van der Waals surface area (Å²) in [5.74, 6) is -1.10. The van der Waals surface area contributed by atoms with Gasteiger partial charge in [0.1, 0.15) is 5.60 Å². The smallest absolute Gasteiger partial charge is 0.410 e. The third-order valence-electron chi connectivity index (χ3n) is 2.88. The summed E-state index contributed by atoms with van der Waals surface area (Å²) in [5, 5.41) is 0. The van der Waals surface area contributed by atoms with Crippen LogP contribution in [0, 0.1) is 5.92 Å². The highest BCUT2D eigenvalue weighted by Gasteiger charge is 2.39. The summed E-state index contributed by atoms with van der Waals surface area (Å²) in [6.45, 7) is 5.60. The van der Waals surface area contributed by atoms with Crippen molar-refractivity contribution in [3.8, 4) is 0 Å². The Labute approximate surface area is 112 Å². The monoisotopic (exact) mass is 280 g/mol. The van der Waals surface area contributed by atoms with Gasteiger partial charge >= 0.3 is 6.09 Å². The molecule has 0 radical (unpaired) electrons. The Morgan fingerprint density at radius 3 is 2.63 bits per heavy atom. The summed E-state index contributed by atoms with van der Waals surface area (Å²) in [4.78, 5) is 13.3. The predicted molar refractivity (Wildman–Crippen MR) is 66.1 cm³/mol. The van der Waals surface area contributed by atoms with Gasteiger partial charge in [-0.15, -0.1) is 0 Å². The molecule has 1 amide bonds. The van der Waals surface area contributed by atoms with Crippen molar-refractivity contribution in [3.05, 3.63) is 0 Å². The fourth-order valence-electron chi connectivity index (χ4n) is 1.95. The van der Waals surface area contributed by atoms with E-state index in [2.05, 4.69) is 0 Å². The molecular formula is C12H22F2N2O3. The quantitative estimate of drug-likeness (QED) is 0.850. The van der Waals surface area contributed by atoms with E-state index >= 15 is 0 Å². The van der Waals surface area contributed by atoms with Crippen LogP contribution in [-0.2, 0) is 9.47 Å². The number of morpholine rings is 1. The summed E-state index contributed by atoms with van der Waals surface area (Å²) in [7, 11) is 0. The molecule has 0 bridgehead atoms. The molecule has 0 aromatic rings. The van der Waals surface area contributed by atoms with Crippen LogP contribution in [0.25, 0.3) is 0 Å². The molecule has 0 aromatic heterocycles. The number of hydrogen-bond acceptors (Lipinski definition) is 4. The van der Waals surface area contributed by atoms with E-state index in [9.17, 15) is 13.6 Å². The third kappa shape index (κ3) is 4.58. The highest BCUT2D eigenvalue weighted by molar-refractivity contribution is 5.68. The average Bonchev–Trinajstić information content (AvgIpc) is 2.27. The van der Waals surface area contributed by atoms with Gasteiger partial charge in [-0.25, -0.2) is 13.6 Å². The molecule has 1 aliphatic heterocycles. The summed E-state index contributed by atoms with van der Waals surface area (Å²) >= 11 is 0. The standard InChI is InChI=1S/C12H22F2N2O3/c1-12(2,3)19-11(17)16-4-5-18-7-9(16)8(6-15)10(13)14/h8-10H,4-7,15H2,1-3H3. The van der Waals surface area contributed by atoms with E-state index in [0.29, 0.717) is 6.61 Å². The number of rotatable bonds is 3. The molecular weight excluding hydrogens is 258 g/mol. The van der Waals surface area contributed by atoms with Gasteiger partial charge < -0.3 is 20.1 Å². The Balaban J connectivity index is 2.79. The molecule has 1 heterocycles. The molecule has 7 heteroatoms. The van der Waals surface area contributed by atoms with Gasteiger partial charge in [-0.1, -0.05) is 0 Å². The summed E-state index contributed by atoms with van der Waals surface area (Å²) in [5.41, 5.74) is 4.72. The lowest BCUT2D eigenvalue weighted by Gasteiger charge is -2.39. The van der Waals surface area contributed by atoms with E-state index in [0.717, 1.165) is 0 Å². The molecule has 2 atom stereocenters. The Hall–Kier alpha value is -0.950. The van der Waals surface area contributed by atoms with Crippen molar-refractivity contribution in [2.75, 3.05) is 26.3 Å². The molecule has 0 spiro atoms. The first-order valence-electron chi connectivity index (χ1n) is 6.32. The van der Waals surface area contributed by atoms with Crippen LogP contribution < -0.4 is 5.73 Å². The van der Waals surface area contributed by atoms with Crippen LogP contribution in [-0.4, -0.2) is 55.4 Å². The van der Waals surface area contributed by atoms with Gasteiger partial charge in [0, 0.05) is 13.1 Å². The Morgan fingerprint density at radius 1 is 1.53 bits per heavy atom. The number of alkyl halides is 2. The first-order valence-corrected chi connectivity index (χ1v) is 6.32. The van der Waals surface area contributed by atoms with Gasteiger partial charge in [-0.05, 0) is 20.8 Å². The number of carbonyl (C=O) groups is 1. The highest BCUT2D eigenvalue weighted by Crippen LogP contribution is 2.23. The van der Waals surface area contributed by atoms with Crippen LogP contribution in [0.1, 0.15) is 20.8 Å². The maximum absolute atomic E-state index is 12.9. The fourth-order valence-corrected chi connectivity index (χ4v) is 1.95. The lowest BCUT2D eigenvalue weighted by Crippen LogP contribution is -2.56. The summed E-state index contributed by atoms with van der Waals surface area (Å²) in [6, 6.07) is -0.742. The average molecular weight is 280 g/mol. The Kier molecular flexibility index (Phi) is 5.49. The number of halogens is 2. The van der Waals surface area contributed by atoms with Crippen LogP contribution in [0.5, 0.6) is 0 Å². The van der Waals surface area contributed by atoms with E-state index < -0.39 is 30.1 Å². The first-order chi connectivity index (χ1) is 8.76. The molecule has 1 saturated heterocycles. The molecule has 2 unspecified atom stereocenters. The van der Waals surface area contributed by atoms with Gasteiger partial charge in [0.15, 0.2) is 0 Å². The van der Waals surface area contributed by atoms with Crippen molar-refractivity contribution in [2.45, 2.75) is 38.8 Å². The second kappa shape index (κ2) is 6.47. The SMILES string of the molecule is CC(C)(C)OC(=O)N1CCOCC1C(CN)C(F)F. The maximum atomic E-state index is 12.9. The van der Waals surface area contributed by atoms with E-state index in [-0.39, 0.29) is 19.7 Å². The van der Waals surface area contributed by atoms with E-state index in [1.807, 2.05) is 0 Å². The highest BCUT2D eigenvalue weighted by atomic mass is 19.3. The third-order valence-corrected chi connectivity index (χ3v) is 2.88. The van der Waals surface area contributed by atoms with Crippen LogP contribution >= 0.6 is 0 Å². The maximum Gasteiger partial charge on any atom is 0.410 e. The van der Waals surface area contributed by atoms with Gasteiger partial charge in [0.05, 0.1) is 25.2 Å². The molecule has 1 aliphatic rings. The molecule has 1 fully saturated rings. The summed E-state index contributed by atoms with van der Waals surface area (Å²) in [6.07, 6.45) is -3.19. The molecule has 19 heavy (non-hydrogen) atoms. The molecule has 0 aromatic carbocycles. The van der Waals surface area contributed by atoms with Gasteiger partial charge in [-0.3, -0.25) is 0 Å². The summed E-state index contributed by atoms with van der Waals surface area (Å²) < 4.78 is 36.3. The van der Waals surface area contributed by atoms with Crippen molar-refractivity contribution in [2.24, 2.45) is 11.7 Å². The molecule has 1 rings (SSSR count). The van der Waals surface area contributed by atoms with Crippen molar-refractivity contribution in [1.29, 1.82) is 0 Å². The van der Waals surface area contributed by atoms with Gasteiger partial charge in [0.25, 0.3) is 0 Å². The lowest BCUT2D eigenvalue weighted by atomic mass is 9.99. The van der Waals surface area contributed by atoms with E-state index in [1.54, 1.807) is 20.8 Å². The number of carbonyl (C=O) groups excluding carboxylic acids is 1. The van der Waals surface area contributed by atoms with Gasteiger partial charge in [0.2, 0.25) is 6.43 Å². The molecule has 5 nitrogen and oxygen atoms in total. The van der Waals surface area contributed by atoms with Crippen LogP contribution in [0.15, 0.2) is 0 Å². The number of nitrogens with zero attached hydrogens (tertiary/aromatic N) is 1. The lowest BCUT2D eigenvalue weighted by molar-refractivity contribution is -0.0694. The minimum absolute atomic E-state index is 0.0610.